The molecule has 0 bridgehead atoms. The van der Waals surface area contributed by atoms with E-state index in [1.807, 2.05) is 32.0 Å². The standard InChI is InChI=1S/C10H13NO/c1-7-4-8(2)6-9(5-7)10(12)11-3/h4-6H,1-3H3,(H,11,12). The molecule has 0 aromatic heterocycles. The fourth-order valence-corrected chi connectivity index (χ4v) is 1.25. The Balaban J connectivity index is 3.08. The molecule has 1 rings (SSSR count). The SMILES string of the molecule is CNC(=O)c1cc(C)cc(C)c1. The molecular weight excluding hydrogens is 150 g/mol. The lowest BCUT2D eigenvalue weighted by Crippen LogP contribution is -2.17. The second-order valence-corrected chi connectivity index (χ2v) is 2.96. The maximum absolute atomic E-state index is 11.2. The Kier molecular flexibility index (Phi) is 2.48. The van der Waals surface area contributed by atoms with Gasteiger partial charge < -0.3 is 5.32 Å². The van der Waals surface area contributed by atoms with Crippen molar-refractivity contribution in [2.45, 2.75) is 13.8 Å². The Morgan fingerprint density at radius 2 is 1.67 bits per heavy atom. The third kappa shape index (κ3) is 1.84. The van der Waals surface area contributed by atoms with Crippen LogP contribution in [0.25, 0.3) is 0 Å². The summed E-state index contributed by atoms with van der Waals surface area (Å²) in [4.78, 5) is 11.2. The number of benzene rings is 1. The highest BCUT2D eigenvalue weighted by Gasteiger charge is 2.02. The van der Waals surface area contributed by atoms with Crippen LogP contribution in [-0.2, 0) is 0 Å². The van der Waals surface area contributed by atoms with E-state index < -0.39 is 0 Å². The maximum atomic E-state index is 11.2. The van der Waals surface area contributed by atoms with Crippen molar-refractivity contribution < 1.29 is 4.79 Å². The number of hydrogen-bond donors (Lipinski definition) is 1. The van der Waals surface area contributed by atoms with Crippen LogP contribution in [0, 0.1) is 13.8 Å². The molecule has 0 aliphatic heterocycles. The number of aryl methyl sites for hydroxylation is 2. The first-order valence-corrected chi connectivity index (χ1v) is 3.94. The minimum atomic E-state index is -0.0261. The summed E-state index contributed by atoms with van der Waals surface area (Å²) in [5.41, 5.74) is 2.97. The van der Waals surface area contributed by atoms with Crippen molar-refractivity contribution in [3.63, 3.8) is 0 Å². The summed E-state index contributed by atoms with van der Waals surface area (Å²) in [7, 11) is 1.64. The van der Waals surface area contributed by atoms with Crippen LogP contribution in [-0.4, -0.2) is 13.0 Å². The Labute approximate surface area is 72.6 Å². The van der Waals surface area contributed by atoms with Gasteiger partial charge in [-0.15, -0.1) is 0 Å². The molecule has 0 aliphatic carbocycles. The Bertz CT molecular complexity index is 284. The summed E-state index contributed by atoms with van der Waals surface area (Å²) in [5, 5.41) is 2.60. The third-order valence-electron chi connectivity index (χ3n) is 1.71. The summed E-state index contributed by atoms with van der Waals surface area (Å²) in [6.07, 6.45) is 0. The van der Waals surface area contributed by atoms with E-state index in [4.69, 9.17) is 0 Å². The van der Waals surface area contributed by atoms with Gasteiger partial charge in [0.25, 0.3) is 5.91 Å². The van der Waals surface area contributed by atoms with E-state index in [1.165, 1.54) is 0 Å². The fourth-order valence-electron chi connectivity index (χ4n) is 1.25. The molecule has 0 unspecified atom stereocenters. The smallest absolute Gasteiger partial charge is 0.251 e. The monoisotopic (exact) mass is 163 g/mol. The highest BCUT2D eigenvalue weighted by molar-refractivity contribution is 5.94. The minimum Gasteiger partial charge on any atom is -0.355 e. The highest BCUT2D eigenvalue weighted by Crippen LogP contribution is 2.08. The van der Waals surface area contributed by atoms with Gasteiger partial charge in [0.05, 0.1) is 0 Å². The normalized spacial score (nSPS) is 9.58. The molecule has 0 atom stereocenters. The molecule has 64 valence electrons. The van der Waals surface area contributed by atoms with Gasteiger partial charge >= 0.3 is 0 Å². The molecule has 0 fully saturated rings. The van der Waals surface area contributed by atoms with Crippen molar-refractivity contribution >= 4 is 5.91 Å². The Morgan fingerprint density at radius 1 is 1.17 bits per heavy atom. The molecule has 0 radical (unpaired) electrons. The molecule has 0 saturated heterocycles. The van der Waals surface area contributed by atoms with E-state index in [1.54, 1.807) is 7.05 Å². The fraction of sp³-hybridized carbons (Fsp3) is 0.300. The zero-order chi connectivity index (χ0) is 9.14. The van der Waals surface area contributed by atoms with E-state index in [0.29, 0.717) is 0 Å². The minimum absolute atomic E-state index is 0.0261. The van der Waals surface area contributed by atoms with Crippen molar-refractivity contribution in [3.05, 3.63) is 34.9 Å². The average molecular weight is 163 g/mol. The molecule has 1 amide bonds. The number of nitrogens with one attached hydrogen (secondary N) is 1. The molecule has 12 heavy (non-hydrogen) atoms. The van der Waals surface area contributed by atoms with Crippen molar-refractivity contribution in [2.75, 3.05) is 7.05 Å². The molecule has 1 aromatic carbocycles. The number of rotatable bonds is 1. The van der Waals surface area contributed by atoms with Gasteiger partial charge in [-0.05, 0) is 26.0 Å². The van der Waals surface area contributed by atoms with Gasteiger partial charge in [-0.3, -0.25) is 4.79 Å². The summed E-state index contributed by atoms with van der Waals surface area (Å²) in [5.74, 6) is -0.0261. The third-order valence-corrected chi connectivity index (χ3v) is 1.71. The van der Waals surface area contributed by atoms with E-state index in [9.17, 15) is 4.79 Å². The van der Waals surface area contributed by atoms with Crippen molar-refractivity contribution in [1.29, 1.82) is 0 Å². The van der Waals surface area contributed by atoms with Gasteiger partial charge in [0.15, 0.2) is 0 Å². The van der Waals surface area contributed by atoms with Gasteiger partial charge in [-0.2, -0.15) is 0 Å². The second-order valence-electron chi connectivity index (χ2n) is 2.96. The summed E-state index contributed by atoms with van der Waals surface area (Å²) in [6, 6.07) is 5.81. The first-order chi connectivity index (χ1) is 5.63. The number of hydrogen-bond acceptors (Lipinski definition) is 1. The molecule has 1 aromatic rings. The zero-order valence-electron chi connectivity index (χ0n) is 7.64. The molecular formula is C10H13NO. The first-order valence-electron chi connectivity index (χ1n) is 3.94. The Hall–Kier alpha value is -1.31. The summed E-state index contributed by atoms with van der Waals surface area (Å²) < 4.78 is 0. The van der Waals surface area contributed by atoms with E-state index >= 15 is 0 Å². The van der Waals surface area contributed by atoms with E-state index in [-0.39, 0.29) is 5.91 Å². The van der Waals surface area contributed by atoms with Gasteiger partial charge in [0.2, 0.25) is 0 Å². The molecule has 0 spiro atoms. The van der Waals surface area contributed by atoms with Crippen LogP contribution in [0.2, 0.25) is 0 Å². The number of carbonyl (C=O) groups excluding carboxylic acids is 1. The Morgan fingerprint density at radius 3 is 2.08 bits per heavy atom. The topological polar surface area (TPSA) is 29.1 Å². The van der Waals surface area contributed by atoms with E-state index in [2.05, 4.69) is 5.32 Å². The lowest BCUT2D eigenvalue weighted by atomic mass is 10.1. The van der Waals surface area contributed by atoms with Crippen molar-refractivity contribution in [3.8, 4) is 0 Å². The van der Waals surface area contributed by atoms with Crippen LogP contribution in [0.15, 0.2) is 18.2 Å². The number of carbonyl (C=O) groups is 1. The van der Waals surface area contributed by atoms with E-state index in [0.717, 1.165) is 16.7 Å². The molecule has 1 N–H and O–H groups in total. The zero-order valence-corrected chi connectivity index (χ0v) is 7.64. The lowest BCUT2D eigenvalue weighted by molar-refractivity contribution is 0.0963. The first kappa shape index (κ1) is 8.78. The van der Waals surface area contributed by atoms with Crippen LogP contribution in [0.5, 0.6) is 0 Å². The van der Waals surface area contributed by atoms with Crippen LogP contribution < -0.4 is 5.32 Å². The molecule has 0 heterocycles. The lowest BCUT2D eigenvalue weighted by Gasteiger charge is -2.02. The van der Waals surface area contributed by atoms with Gasteiger partial charge in [-0.1, -0.05) is 17.2 Å². The van der Waals surface area contributed by atoms with Gasteiger partial charge in [0, 0.05) is 12.6 Å². The largest absolute Gasteiger partial charge is 0.355 e. The van der Waals surface area contributed by atoms with Crippen LogP contribution in [0.3, 0.4) is 0 Å². The van der Waals surface area contributed by atoms with Crippen LogP contribution in [0.1, 0.15) is 21.5 Å². The summed E-state index contributed by atoms with van der Waals surface area (Å²) in [6.45, 7) is 3.97. The average Bonchev–Trinajstić information content (AvgIpc) is 2.01. The number of amides is 1. The summed E-state index contributed by atoms with van der Waals surface area (Å²) >= 11 is 0. The molecule has 2 nitrogen and oxygen atoms in total. The highest BCUT2D eigenvalue weighted by atomic mass is 16.1. The molecule has 2 heteroatoms. The predicted octanol–water partition coefficient (Wildman–Crippen LogP) is 1.66. The second kappa shape index (κ2) is 3.39. The predicted molar refractivity (Wildman–Crippen MR) is 49.3 cm³/mol. The van der Waals surface area contributed by atoms with Crippen LogP contribution >= 0.6 is 0 Å². The maximum Gasteiger partial charge on any atom is 0.251 e. The molecule has 0 aliphatic rings. The van der Waals surface area contributed by atoms with Gasteiger partial charge in [-0.25, -0.2) is 0 Å². The van der Waals surface area contributed by atoms with Crippen molar-refractivity contribution in [1.82, 2.24) is 5.32 Å². The van der Waals surface area contributed by atoms with Gasteiger partial charge in [0.1, 0.15) is 0 Å². The quantitative estimate of drug-likeness (QED) is 0.670. The van der Waals surface area contributed by atoms with Crippen molar-refractivity contribution in [2.24, 2.45) is 0 Å². The molecule has 0 saturated carbocycles. The van der Waals surface area contributed by atoms with Crippen LogP contribution in [0.4, 0.5) is 0 Å².